The highest BCUT2D eigenvalue weighted by Crippen LogP contribution is 2.36. The molecule has 1 aromatic carbocycles. The Kier molecular flexibility index (Phi) is 4.00. The Balaban J connectivity index is 1.44. The van der Waals surface area contributed by atoms with Gasteiger partial charge in [-0.1, -0.05) is 6.07 Å². The third-order valence-electron chi connectivity index (χ3n) is 4.66. The van der Waals surface area contributed by atoms with Gasteiger partial charge in [-0.15, -0.1) is 11.8 Å². The van der Waals surface area contributed by atoms with Gasteiger partial charge in [0, 0.05) is 36.6 Å². The van der Waals surface area contributed by atoms with E-state index in [9.17, 15) is 9.59 Å². The van der Waals surface area contributed by atoms with E-state index in [1.165, 1.54) is 0 Å². The van der Waals surface area contributed by atoms with Crippen molar-refractivity contribution in [3.8, 4) is 0 Å². The Morgan fingerprint density at radius 1 is 1.26 bits per heavy atom. The number of fused-ring (bicyclic) bond motifs is 1. The highest BCUT2D eigenvalue weighted by molar-refractivity contribution is 8.00. The van der Waals surface area contributed by atoms with Crippen LogP contribution in [0.15, 0.2) is 23.1 Å². The zero-order valence-electron chi connectivity index (χ0n) is 12.7. The van der Waals surface area contributed by atoms with Crippen molar-refractivity contribution >= 4 is 29.3 Å². The van der Waals surface area contributed by atoms with E-state index in [1.807, 2.05) is 18.2 Å². The van der Waals surface area contributed by atoms with Crippen LogP contribution in [0, 0.1) is 0 Å². The Labute approximate surface area is 139 Å². The summed E-state index contributed by atoms with van der Waals surface area (Å²) in [5, 5.41) is 12.7. The molecule has 2 saturated heterocycles. The number of rotatable bonds is 4. The first kappa shape index (κ1) is 15.0. The van der Waals surface area contributed by atoms with Gasteiger partial charge in [-0.25, -0.2) is 0 Å². The van der Waals surface area contributed by atoms with Crippen molar-refractivity contribution in [2.75, 3.05) is 30.7 Å². The molecule has 0 radical (unpaired) electrons. The van der Waals surface area contributed by atoms with Crippen molar-refractivity contribution < 1.29 is 9.59 Å². The first-order valence-electron chi connectivity index (χ1n) is 8.00. The summed E-state index contributed by atoms with van der Waals surface area (Å²) in [4.78, 5) is 24.9. The molecule has 0 aromatic heterocycles. The van der Waals surface area contributed by atoms with Crippen LogP contribution in [0.25, 0.3) is 0 Å². The predicted octanol–water partition coefficient (Wildman–Crippen LogP) is 0.264. The molecule has 23 heavy (non-hydrogen) atoms. The van der Waals surface area contributed by atoms with E-state index in [4.69, 9.17) is 0 Å². The lowest BCUT2D eigenvalue weighted by Crippen LogP contribution is -2.57. The Morgan fingerprint density at radius 2 is 2.13 bits per heavy atom. The van der Waals surface area contributed by atoms with Crippen LogP contribution in [0.5, 0.6) is 0 Å². The second kappa shape index (κ2) is 6.14. The molecule has 3 aliphatic rings. The van der Waals surface area contributed by atoms with E-state index in [-0.39, 0.29) is 23.8 Å². The number of nitrogens with one attached hydrogen (secondary N) is 4. The van der Waals surface area contributed by atoms with E-state index >= 15 is 0 Å². The molecule has 1 unspecified atom stereocenters. The quantitative estimate of drug-likeness (QED) is 0.636. The molecule has 0 aliphatic carbocycles. The van der Waals surface area contributed by atoms with Crippen LogP contribution in [0.4, 0.5) is 5.69 Å². The van der Waals surface area contributed by atoms with Crippen molar-refractivity contribution in [3.63, 3.8) is 0 Å². The van der Waals surface area contributed by atoms with Crippen LogP contribution >= 0.6 is 11.8 Å². The molecular weight excluding hydrogens is 312 g/mol. The minimum atomic E-state index is -0.129. The number of benzene rings is 1. The maximum absolute atomic E-state index is 12.3. The normalized spacial score (nSPS) is 27.1. The molecule has 0 saturated carbocycles. The lowest BCUT2D eigenvalue weighted by atomic mass is 9.95. The lowest BCUT2D eigenvalue weighted by Gasteiger charge is -2.29. The zero-order chi connectivity index (χ0) is 15.8. The maximum atomic E-state index is 12.3. The monoisotopic (exact) mass is 332 g/mol. The molecule has 1 aromatic rings. The van der Waals surface area contributed by atoms with Crippen LogP contribution in [-0.4, -0.2) is 49.3 Å². The fraction of sp³-hybridized carbons (Fsp3) is 0.500. The topological polar surface area (TPSA) is 82.3 Å². The first-order valence-corrected chi connectivity index (χ1v) is 8.98. The van der Waals surface area contributed by atoms with Crippen LogP contribution in [-0.2, 0) is 9.59 Å². The van der Waals surface area contributed by atoms with E-state index < -0.39 is 0 Å². The molecule has 4 rings (SSSR count). The number of thioether (sulfide) groups is 1. The summed E-state index contributed by atoms with van der Waals surface area (Å²) in [5.41, 5.74) is 1.82. The summed E-state index contributed by atoms with van der Waals surface area (Å²) in [6.07, 6.45) is 0.797. The molecule has 2 amide bonds. The molecule has 3 aliphatic heterocycles. The Bertz CT molecular complexity index is 647. The summed E-state index contributed by atoms with van der Waals surface area (Å²) in [5.74, 6) is 0.431. The van der Waals surface area contributed by atoms with Gasteiger partial charge in [0.15, 0.2) is 0 Å². The van der Waals surface area contributed by atoms with Crippen molar-refractivity contribution in [1.29, 1.82) is 0 Å². The lowest BCUT2D eigenvalue weighted by molar-refractivity contribution is -0.120. The summed E-state index contributed by atoms with van der Waals surface area (Å²) in [6, 6.07) is 6.68. The minimum Gasteiger partial charge on any atom is -0.352 e. The van der Waals surface area contributed by atoms with Gasteiger partial charge < -0.3 is 21.3 Å². The Hall–Kier alpha value is -1.57. The van der Waals surface area contributed by atoms with Crippen molar-refractivity contribution in [3.05, 3.63) is 23.8 Å². The highest BCUT2D eigenvalue weighted by atomic mass is 32.2. The molecule has 4 N–H and O–H groups in total. The minimum absolute atomic E-state index is 0.0201. The smallest absolute Gasteiger partial charge is 0.234 e. The number of amides is 2. The molecule has 2 fully saturated rings. The molecule has 0 bridgehead atoms. The van der Waals surface area contributed by atoms with Crippen molar-refractivity contribution in [2.45, 2.75) is 29.3 Å². The maximum Gasteiger partial charge on any atom is 0.234 e. The average molecular weight is 332 g/mol. The van der Waals surface area contributed by atoms with Gasteiger partial charge in [-0.05, 0) is 24.1 Å². The predicted molar refractivity (Wildman–Crippen MR) is 89.7 cm³/mol. The number of carbonyl (C=O) groups is 2. The molecule has 2 atom stereocenters. The highest BCUT2D eigenvalue weighted by Gasteiger charge is 2.34. The standard InChI is InChI=1S/C16H20N4O2S/c21-15-8-23-14-2-1-9(3-13(14)20-15)12-4-10(19-16(12)22)7-18-11-5-17-6-11/h1-3,10-12,17-18H,4-8H2,(H,19,22)(H,20,21)/t10?,12-/m1/s1. The van der Waals surface area contributed by atoms with E-state index in [1.54, 1.807) is 11.8 Å². The molecule has 0 spiro atoms. The van der Waals surface area contributed by atoms with Gasteiger partial charge in [-0.3, -0.25) is 9.59 Å². The van der Waals surface area contributed by atoms with E-state index in [0.717, 1.165) is 42.2 Å². The molecule has 122 valence electrons. The summed E-state index contributed by atoms with van der Waals surface area (Å²) in [6.45, 7) is 2.82. The summed E-state index contributed by atoms with van der Waals surface area (Å²) < 4.78 is 0. The summed E-state index contributed by atoms with van der Waals surface area (Å²) >= 11 is 1.54. The third-order valence-corrected chi connectivity index (χ3v) is 5.73. The number of hydrogen-bond donors (Lipinski definition) is 4. The molecule has 3 heterocycles. The number of anilines is 1. The largest absolute Gasteiger partial charge is 0.352 e. The van der Waals surface area contributed by atoms with Gasteiger partial charge >= 0.3 is 0 Å². The van der Waals surface area contributed by atoms with Crippen LogP contribution in [0.2, 0.25) is 0 Å². The van der Waals surface area contributed by atoms with E-state index in [0.29, 0.717) is 11.8 Å². The van der Waals surface area contributed by atoms with E-state index in [2.05, 4.69) is 21.3 Å². The second-order valence-electron chi connectivity index (χ2n) is 6.35. The zero-order valence-corrected chi connectivity index (χ0v) is 13.5. The van der Waals surface area contributed by atoms with Gasteiger partial charge in [0.05, 0.1) is 17.4 Å². The second-order valence-corrected chi connectivity index (χ2v) is 7.37. The van der Waals surface area contributed by atoms with Gasteiger partial charge in [0.1, 0.15) is 0 Å². The third kappa shape index (κ3) is 3.08. The fourth-order valence-electron chi connectivity index (χ4n) is 3.23. The van der Waals surface area contributed by atoms with Crippen molar-refractivity contribution in [1.82, 2.24) is 16.0 Å². The van der Waals surface area contributed by atoms with Crippen LogP contribution in [0.1, 0.15) is 17.9 Å². The van der Waals surface area contributed by atoms with Crippen LogP contribution < -0.4 is 21.3 Å². The molecular formula is C16H20N4O2S. The fourth-order valence-corrected chi connectivity index (χ4v) is 4.02. The van der Waals surface area contributed by atoms with Gasteiger partial charge in [0.2, 0.25) is 11.8 Å². The number of hydrogen-bond acceptors (Lipinski definition) is 5. The summed E-state index contributed by atoms with van der Waals surface area (Å²) in [7, 11) is 0. The SMILES string of the molecule is O=C1CSc2ccc([C@H]3CC(CNC4CNC4)NC3=O)cc2N1. The molecule has 7 heteroatoms. The van der Waals surface area contributed by atoms with Crippen LogP contribution in [0.3, 0.4) is 0 Å². The average Bonchev–Trinajstić information content (AvgIpc) is 2.86. The van der Waals surface area contributed by atoms with Gasteiger partial charge in [0.25, 0.3) is 0 Å². The Morgan fingerprint density at radius 3 is 2.91 bits per heavy atom. The van der Waals surface area contributed by atoms with Gasteiger partial charge in [-0.2, -0.15) is 0 Å². The number of carbonyl (C=O) groups excluding carboxylic acids is 2. The van der Waals surface area contributed by atoms with Crippen molar-refractivity contribution in [2.24, 2.45) is 0 Å². The molecule has 6 nitrogen and oxygen atoms in total. The first-order chi connectivity index (χ1) is 11.2.